The number of hydrogen-bond acceptors (Lipinski definition) is 3. The molecule has 1 N–H and O–H groups in total. The van der Waals surface area contributed by atoms with Crippen molar-refractivity contribution >= 4 is 5.69 Å². The van der Waals surface area contributed by atoms with E-state index in [2.05, 4.69) is 10.3 Å². The number of benzene rings is 1. The minimum Gasteiger partial charge on any atom is -0.393 e. The highest BCUT2D eigenvalue weighted by Crippen LogP contribution is 2.14. The summed E-state index contributed by atoms with van der Waals surface area (Å²) in [6.07, 6.45) is 1.41. The molecule has 1 heterocycles. The quantitative estimate of drug-likeness (QED) is 0.752. The standard InChI is InChI=1S/C11H15N3O/c15-11-6-8-14(9-7-11)13-12-10-4-2-1-3-5-10/h1-5,11,15H,6-9H2. The summed E-state index contributed by atoms with van der Waals surface area (Å²) in [5, 5.41) is 19.5. The Bertz CT molecular complexity index is 318. The molecule has 0 radical (unpaired) electrons. The Morgan fingerprint density at radius 3 is 2.47 bits per heavy atom. The van der Waals surface area contributed by atoms with Crippen molar-refractivity contribution in [3.05, 3.63) is 30.3 Å². The van der Waals surface area contributed by atoms with Crippen LogP contribution >= 0.6 is 0 Å². The van der Waals surface area contributed by atoms with E-state index in [9.17, 15) is 5.11 Å². The van der Waals surface area contributed by atoms with Crippen molar-refractivity contribution in [1.82, 2.24) is 5.01 Å². The van der Waals surface area contributed by atoms with Gasteiger partial charge in [0, 0.05) is 13.1 Å². The van der Waals surface area contributed by atoms with Crippen molar-refractivity contribution in [3.8, 4) is 0 Å². The maximum Gasteiger partial charge on any atom is 0.0874 e. The van der Waals surface area contributed by atoms with Gasteiger partial charge in [-0.25, -0.2) is 0 Å². The van der Waals surface area contributed by atoms with Gasteiger partial charge in [0.1, 0.15) is 0 Å². The van der Waals surface area contributed by atoms with Crippen LogP contribution in [0.4, 0.5) is 5.69 Å². The smallest absolute Gasteiger partial charge is 0.0874 e. The number of aliphatic hydroxyl groups is 1. The highest BCUT2D eigenvalue weighted by molar-refractivity contribution is 5.34. The zero-order valence-electron chi connectivity index (χ0n) is 8.58. The molecule has 4 nitrogen and oxygen atoms in total. The number of rotatable bonds is 2. The summed E-state index contributed by atoms with van der Waals surface area (Å²) in [6, 6.07) is 9.67. The molecule has 1 aromatic carbocycles. The zero-order chi connectivity index (χ0) is 10.5. The second-order valence-corrected chi connectivity index (χ2v) is 3.71. The summed E-state index contributed by atoms with van der Waals surface area (Å²) in [5.41, 5.74) is 0.864. The predicted octanol–water partition coefficient (Wildman–Crippen LogP) is 2.14. The molecule has 4 heteroatoms. The molecular formula is C11H15N3O. The molecule has 15 heavy (non-hydrogen) atoms. The SMILES string of the molecule is OC1CCN(N=Nc2ccccc2)CC1. The molecule has 0 saturated carbocycles. The maximum atomic E-state index is 9.31. The van der Waals surface area contributed by atoms with E-state index in [1.54, 1.807) is 0 Å². The highest BCUT2D eigenvalue weighted by Gasteiger charge is 2.15. The van der Waals surface area contributed by atoms with E-state index in [4.69, 9.17) is 0 Å². The van der Waals surface area contributed by atoms with Gasteiger partial charge in [0.2, 0.25) is 0 Å². The zero-order valence-corrected chi connectivity index (χ0v) is 8.58. The van der Waals surface area contributed by atoms with Gasteiger partial charge in [-0.15, -0.1) is 5.11 Å². The normalized spacial score (nSPS) is 18.6. The van der Waals surface area contributed by atoms with E-state index in [1.165, 1.54) is 0 Å². The molecule has 80 valence electrons. The average molecular weight is 205 g/mol. The van der Waals surface area contributed by atoms with Gasteiger partial charge in [0.25, 0.3) is 0 Å². The molecule has 0 atom stereocenters. The van der Waals surface area contributed by atoms with E-state index >= 15 is 0 Å². The van der Waals surface area contributed by atoms with Gasteiger partial charge < -0.3 is 5.11 Å². The number of aliphatic hydroxyl groups excluding tert-OH is 1. The first kappa shape index (κ1) is 10.1. The fourth-order valence-electron chi connectivity index (χ4n) is 1.55. The first-order valence-electron chi connectivity index (χ1n) is 5.24. The fourth-order valence-corrected chi connectivity index (χ4v) is 1.55. The minimum absolute atomic E-state index is 0.159. The summed E-state index contributed by atoms with van der Waals surface area (Å²) in [5.74, 6) is 0. The van der Waals surface area contributed by atoms with Crippen LogP contribution in [0.1, 0.15) is 12.8 Å². The fraction of sp³-hybridized carbons (Fsp3) is 0.455. The van der Waals surface area contributed by atoms with Gasteiger partial charge in [0.15, 0.2) is 0 Å². The molecule has 1 saturated heterocycles. The molecule has 0 aliphatic carbocycles. The largest absolute Gasteiger partial charge is 0.393 e. The van der Waals surface area contributed by atoms with Crippen molar-refractivity contribution in [2.45, 2.75) is 18.9 Å². The monoisotopic (exact) mass is 205 g/mol. The summed E-state index contributed by atoms with van der Waals surface area (Å²) in [6.45, 7) is 1.58. The molecular weight excluding hydrogens is 190 g/mol. The molecule has 2 rings (SSSR count). The van der Waals surface area contributed by atoms with Crippen molar-refractivity contribution < 1.29 is 5.11 Å². The lowest BCUT2D eigenvalue weighted by atomic mass is 10.1. The molecule has 0 amide bonds. The Hall–Kier alpha value is -1.42. The third-order valence-electron chi connectivity index (χ3n) is 2.48. The highest BCUT2D eigenvalue weighted by atomic mass is 16.3. The third kappa shape index (κ3) is 3.02. The van der Waals surface area contributed by atoms with Crippen molar-refractivity contribution in [2.75, 3.05) is 13.1 Å². The topological polar surface area (TPSA) is 48.2 Å². The van der Waals surface area contributed by atoms with Crippen LogP contribution in [0.5, 0.6) is 0 Å². The van der Waals surface area contributed by atoms with Crippen LogP contribution in [0.25, 0.3) is 0 Å². The molecule has 0 spiro atoms. The number of nitrogens with zero attached hydrogens (tertiary/aromatic N) is 3. The molecule has 1 aliphatic heterocycles. The molecule has 0 bridgehead atoms. The third-order valence-corrected chi connectivity index (χ3v) is 2.48. The lowest BCUT2D eigenvalue weighted by Crippen LogP contribution is -2.31. The summed E-state index contributed by atoms with van der Waals surface area (Å²) in [4.78, 5) is 0. The molecule has 1 fully saturated rings. The summed E-state index contributed by atoms with van der Waals surface area (Å²) >= 11 is 0. The maximum absolute atomic E-state index is 9.31. The Balaban J connectivity index is 1.89. The second-order valence-electron chi connectivity index (χ2n) is 3.71. The van der Waals surface area contributed by atoms with Crippen LogP contribution in [0.3, 0.4) is 0 Å². The van der Waals surface area contributed by atoms with E-state index in [1.807, 2.05) is 35.3 Å². The van der Waals surface area contributed by atoms with E-state index in [0.29, 0.717) is 0 Å². The van der Waals surface area contributed by atoms with Crippen LogP contribution < -0.4 is 0 Å². The van der Waals surface area contributed by atoms with Crippen molar-refractivity contribution in [1.29, 1.82) is 0 Å². The average Bonchev–Trinajstić information content (AvgIpc) is 2.30. The molecule has 0 aromatic heterocycles. The van der Waals surface area contributed by atoms with Crippen LogP contribution in [-0.4, -0.2) is 29.3 Å². The molecule has 1 aliphatic rings. The number of hydrogen-bond donors (Lipinski definition) is 1. The summed E-state index contributed by atoms with van der Waals surface area (Å²) in [7, 11) is 0. The van der Waals surface area contributed by atoms with Crippen LogP contribution in [0, 0.1) is 0 Å². The predicted molar refractivity (Wildman–Crippen MR) is 57.8 cm³/mol. The van der Waals surface area contributed by atoms with Crippen LogP contribution in [0.15, 0.2) is 40.7 Å². The lowest BCUT2D eigenvalue weighted by molar-refractivity contribution is 0.0804. The van der Waals surface area contributed by atoms with Crippen LogP contribution in [0.2, 0.25) is 0 Å². The first-order chi connectivity index (χ1) is 7.34. The van der Waals surface area contributed by atoms with E-state index in [-0.39, 0.29) is 6.10 Å². The molecule has 1 aromatic rings. The van der Waals surface area contributed by atoms with Crippen molar-refractivity contribution in [3.63, 3.8) is 0 Å². The number of piperidine rings is 1. The Kier molecular flexibility index (Phi) is 3.29. The van der Waals surface area contributed by atoms with Gasteiger partial charge in [-0.3, -0.25) is 5.01 Å². The second kappa shape index (κ2) is 4.89. The summed E-state index contributed by atoms with van der Waals surface area (Å²) < 4.78 is 0. The van der Waals surface area contributed by atoms with Gasteiger partial charge in [0.05, 0.1) is 11.8 Å². The van der Waals surface area contributed by atoms with Gasteiger partial charge in [-0.2, -0.15) is 0 Å². The van der Waals surface area contributed by atoms with E-state index < -0.39 is 0 Å². The van der Waals surface area contributed by atoms with Gasteiger partial charge in [-0.1, -0.05) is 23.4 Å². The van der Waals surface area contributed by atoms with E-state index in [0.717, 1.165) is 31.6 Å². The van der Waals surface area contributed by atoms with Crippen molar-refractivity contribution in [2.24, 2.45) is 10.3 Å². The van der Waals surface area contributed by atoms with Gasteiger partial charge in [-0.05, 0) is 25.0 Å². The Morgan fingerprint density at radius 2 is 1.80 bits per heavy atom. The Morgan fingerprint density at radius 1 is 1.13 bits per heavy atom. The minimum atomic E-state index is -0.159. The lowest BCUT2D eigenvalue weighted by Gasteiger charge is -2.25. The van der Waals surface area contributed by atoms with Crippen LogP contribution in [-0.2, 0) is 0 Å². The molecule has 0 unspecified atom stereocenters. The first-order valence-corrected chi connectivity index (χ1v) is 5.24. The Labute approximate surface area is 89.2 Å². The van der Waals surface area contributed by atoms with Gasteiger partial charge >= 0.3 is 0 Å².